The molecule has 3 heterocycles. The van der Waals surface area contributed by atoms with Crippen LogP contribution in [0.15, 0.2) is 67.3 Å². The zero-order valence-corrected chi connectivity index (χ0v) is 17.5. The van der Waals surface area contributed by atoms with Gasteiger partial charge in [0.1, 0.15) is 23.3 Å². The molecule has 5 rings (SSSR count). The number of nitrogens with zero attached hydrogens (tertiary/aromatic N) is 4. The standard InChI is InChI=1S/C23H20ClN5O2/c1-28-9-7-16-19(28)3-2-4-20(16)31-21-6-5-15(13-17(21)24)27-23-22-18(25-14-26-23)8-10-29(22)11-12-30/h2-10,13-14,30H,11-12H2,1H3,(H,25,26,27). The van der Waals surface area contributed by atoms with Gasteiger partial charge in [-0.05, 0) is 42.5 Å². The number of hydrogen-bond donors (Lipinski definition) is 2. The maximum absolute atomic E-state index is 9.32. The predicted molar refractivity (Wildman–Crippen MR) is 122 cm³/mol. The van der Waals surface area contributed by atoms with Crippen molar-refractivity contribution in [3.05, 3.63) is 72.3 Å². The summed E-state index contributed by atoms with van der Waals surface area (Å²) in [5, 5.41) is 14.1. The van der Waals surface area contributed by atoms with E-state index in [4.69, 9.17) is 16.3 Å². The van der Waals surface area contributed by atoms with Crippen LogP contribution < -0.4 is 10.1 Å². The highest BCUT2D eigenvalue weighted by Gasteiger charge is 2.12. The number of hydrogen-bond acceptors (Lipinski definition) is 5. The van der Waals surface area contributed by atoms with E-state index < -0.39 is 0 Å². The van der Waals surface area contributed by atoms with E-state index in [0.29, 0.717) is 23.1 Å². The Bertz CT molecular complexity index is 1390. The molecule has 0 amide bonds. The number of aliphatic hydroxyl groups is 1. The van der Waals surface area contributed by atoms with Gasteiger partial charge in [0.05, 0.1) is 22.7 Å². The Hall–Kier alpha value is -3.55. The summed E-state index contributed by atoms with van der Waals surface area (Å²) in [6, 6.07) is 15.4. The number of halogens is 1. The van der Waals surface area contributed by atoms with Gasteiger partial charge in [0.25, 0.3) is 0 Å². The summed E-state index contributed by atoms with van der Waals surface area (Å²) in [7, 11) is 2.00. The van der Waals surface area contributed by atoms with Crippen LogP contribution >= 0.6 is 11.6 Å². The first-order chi connectivity index (χ1) is 15.1. The molecule has 7 nitrogen and oxygen atoms in total. The number of rotatable bonds is 6. The molecule has 2 aromatic carbocycles. The molecule has 31 heavy (non-hydrogen) atoms. The minimum atomic E-state index is 0.0319. The maximum atomic E-state index is 9.32. The number of fused-ring (bicyclic) bond motifs is 2. The first kappa shape index (κ1) is 19.4. The molecule has 2 N–H and O–H groups in total. The van der Waals surface area contributed by atoms with Crippen LogP contribution in [0.4, 0.5) is 11.5 Å². The van der Waals surface area contributed by atoms with Crippen molar-refractivity contribution in [2.24, 2.45) is 7.05 Å². The second kappa shape index (κ2) is 7.94. The van der Waals surface area contributed by atoms with Crippen LogP contribution in [0.5, 0.6) is 11.5 Å². The summed E-state index contributed by atoms with van der Waals surface area (Å²) >= 11 is 6.54. The average Bonchev–Trinajstić information content (AvgIpc) is 3.36. The quantitative estimate of drug-likeness (QED) is 0.389. The van der Waals surface area contributed by atoms with Crippen molar-refractivity contribution in [2.45, 2.75) is 6.54 Å². The molecule has 0 unspecified atom stereocenters. The van der Waals surface area contributed by atoms with Crippen molar-refractivity contribution < 1.29 is 9.84 Å². The Balaban J connectivity index is 1.44. The highest BCUT2D eigenvalue weighted by atomic mass is 35.5. The number of aromatic nitrogens is 4. The van der Waals surface area contributed by atoms with Crippen LogP contribution in [-0.4, -0.2) is 30.8 Å². The first-order valence-corrected chi connectivity index (χ1v) is 10.2. The summed E-state index contributed by atoms with van der Waals surface area (Å²) in [5.41, 5.74) is 3.48. The lowest BCUT2D eigenvalue weighted by Gasteiger charge is -2.13. The van der Waals surface area contributed by atoms with Gasteiger partial charge in [-0.1, -0.05) is 17.7 Å². The van der Waals surface area contributed by atoms with E-state index >= 15 is 0 Å². The molecule has 0 bridgehead atoms. The summed E-state index contributed by atoms with van der Waals surface area (Å²) in [6.07, 6.45) is 5.39. The maximum Gasteiger partial charge on any atom is 0.158 e. The van der Waals surface area contributed by atoms with Crippen molar-refractivity contribution in [3.63, 3.8) is 0 Å². The van der Waals surface area contributed by atoms with E-state index in [1.54, 1.807) is 6.07 Å². The molecule has 0 fully saturated rings. The first-order valence-electron chi connectivity index (χ1n) is 9.83. The molecule has 3 aromatic heterocycles. The van der Waals surface area contributed by atoms with E-state index in [2.05, 4.69) is 15.3 Å². The number of benzene rings is 2. The third-order valence-corrected chi connectivity index (χ3v) is 5.49. The van der Waals surface area contributed by atoms with Crippen molar-refractivity contribution in [1.29, 1.82) is 0 Å². The fraction of sp³-hybridized carbons (Fsp3) is 0.130. The molecular weight excluding hydrogens is 414 g/mol. The van der Waals surface area contributed by atoms with E-state index in [1.807, 2.05) is 71.0 Å². The fourth-order valence-electron chi connectivity index (χ4n) is 3.70. The predicted octanol–water partition coefficient (Wildman–Crippen LogP) is 5.10. The molecule has 0 aliphatic rings. The monoisotopic (exact) mass is 433 g/mol. The summed E-state index contributed by atoms with van der Waals surface area (Å²) in [5.74, 6) is 1.96. The topological polar surface area (TPSA) is 77.1 Å². The highest BCUT2D eigenvalue weighted by Crippen LogP contribution is 2.36. The molecule has 0 saturated heterocycles. The van der Waals surface area contributed by atoms with Crippen molar-refractivity contribution in [1.82, 2.24) is 19.1 Å². The molecule has 5 aromatic rings. The Morgan fingerprint density at radius 2 is 1.97 bits per heavy atom. The molecule has 0 aliphatic carbocycles. The van der Waals surface area contributed by atoms with E-state index in [0.717, 1.165) is 33.4 Å². The molecule has 0 saturated carbocycles. The highest BCUT2D eigenvalue weighted by molar-refractivity contribution is 6.32. The normalized spacial score (nSPS) is 11.3. The Labute approximate surface area is 183 Å². The van der Waals surface area contributed by atoms with Crippen LogP contribution in [0.3, 0.4) is 0 Å². The number of anilines is 2. The van der Waals surface area contributed by atoms with Gasteiger partial charge in [0.2, 0.25) is 0 Å². The zero-order chi connectivity index (χ0) is 21.4. The lowest BCUT2D eigenvalue weighted by atomic mass is 10.2. The van der Waals surface area contributed by atoms with Gasteiger partial charge in [0, 0.05) is 37.1 Å². The number of nitrogens with one attached hydrogen (secondary N) is 1. The second-order valence-corrected chi connectivity index (χ2v) is 7.58. The van der Waals surface area contributed by atoms with Gasteiger partial charge in [-0.3, -0.25) is 0 Å². The van der Waals surface area contributed by atoms with Crippen LogP contribution in [0, 0.1) is 0 Å². The smallest absolute Gasteiger partial charge is 0.158 e. The summed E-state index contributed by atoms with van der Waals surface area (Å²) < 4.78 is 10.1. The van der Waals surface area contributed by atoms with E-state index in [9.17, 15) is 5.11 Å². The minimum Gasteiger partial charge on any atom is -0.455 e. The summed E-state index contributed by atoms with van der Waals surface area (Å²) in [6.45, 7) is 0.494. The van der Waals surface area contributed by atoms with Crippen molar-refractivity contribution in [3.8, 4) is 11.5 Å². The third-order valence-electron chi connectivity index (χ3n) is 5.19. The van der Waals surface area contributed by atoms with Crippen LogP contribution in [-0.2, 0) is 13.6 Å². The molecule has 0 aliphatic heterocycles. The third kappa shape index (κ3) is 3.58. The van der Waals surface area contributed by atoms with Crippen LogP contribution in [0.2, 0.25) is 5.02 Å². The van der Waals surface area contributed by atoms with Gasteiger partial charge < -0.3 is 24.3 Å². The van der Waals surface area contributed by atoms with Crippen molar-refractivity contribution >= 4 is 45.0 Å². The van der Waals surface area contributed by atoms with E-state index in [-0.39, 0.29) is 6.61 Å². The molecule has 0 radical (unpaired) electrons. The van der Waals surface area contributed by atoms with Gasteiger partial charge in [-0.2, -0.15) is 0 Å². The zero-order valence-electron chi connectivity index (χ0n) is 16.8. The molecule has 156 valence electrons. The van der Waals surface area contributed by atoms with Crippen LogP contribution in [0.1, 0.15) is 0 Å². The Morgan fingerprint density at radius 3 is 2.81 bits per heavy atom. The number of ether oxygens (including phenoxy) is 1. The molecule has 0 atom stereocenters. The van der Waals surface area contributed by atoms with Gasteiger partial charge in [0.15, 0.2) is 5.82 Å². The fourth-order valence-corrected chi connectivity index (χ4v) is 3.92. The minimum absolute atomic E-state index is 0.0319. The van der Waals surface area contributed by atoms with Gasteiger partial charge in [-0.25, -0.2) is 9.97 Å². The number of aryl methyl sites for hydroxylation is 1. The second-order valence-electron chi connectivity index (χ2n) is 7.18. The van der Waals surface area contributed by atoms with E-state index in [1.165, 1.54) is 6.33 Å². The molecule has 0 spiro atoms. The Morgan fingerprint density at radius 1 is 1.06 bits per heavy atom. The Kier molecular flexibility index (Phi) is 4.97. The van der Waals surface area contributed by atoms with Crippen LogP contribution in [0.25, 0.3) is 21.9 Å². The van der Waals surface area contributed by atoms with Crippen molar-refractivity contribution in [2.75, 3.05) is 11.9 Å². The number of aliphatic hydroxyl groups excluding tert-OH is 1. The molecule has 8 heteroatoms. The largest absolute Gasteiger partial charge is 0.455 e. The SMILES string of the molecule is Cn1ccc2c(Oc3ccc(Nc4ncnc5ccn(CCO)c45)cc3Cl)cccc21. The lowest BCUT2D eigenvalue weighted by Crippen LogP contribution is -2.04. The average molecular weight is 434 g/mol. The lowest BCUT2D eigenvalue weighted by molar-refractivity contribution is 0.278. The van der Waals surface area contributed by atoms with Gasteiger partial charge in [-0.15, -0.1) is 0 Å². The van der Waals surface area contributed by atoms with Gasteiger partial charge >= 0.3 is 0 Å². The molecular formula is C23H20ClN5O2. The summed E-state index contributed by atoms with van der Waals surface area (Å²) in [4.78, 5) is 8.66.